The lowest BCUT2D eigenvalue weighted by Crippen LogP contribution is -2.50. The summed E-state index contributed by atoms with van der Waals surface area (Å²) >= 11 is 0. The normalized spacial score (nSPS) is 22.8. The van der Waals surface area contributed by atoms with Crippen molar-refractivity contribution in [3.05, 3.63) is 65.2 Å². The second kappa shape index (κ2) is 11.2. The van der Waals surface area contributed by atoms with Gasteiger partial charge in [-0.3, -0.25) is 9.59 Å². The second-order valence-corrected chi connectivity index (χ2v) is 11.6. The van der Waals surface area contributed by atoms with E-state index in [2.05, 4.69) is 16.7 Å². The van der Waals surface area contributed by atoms with Gasteiger partial charge in [0.1, 0.15) is 0 Å². The summed E-state index contributed by atoms with van der Waals surface area (Å²) in [5.41, 5.74) is 3.83. The first-order valence-corrected chi connectivity index (χ1v) is 14.1. The van der Waals surface area contributed by atoms with Gasteiger partial charge in [-0.25, -0.2) is 4.79 Å². The molecular weight excluding hydrogens is 476 g/mol. The molecule has 2 aliphatic heterocycles. The number of hydrogen-bond donors (Lipinski definition) is 2. The predicted molar refractivity (Wildman–Crippen MR) is 149 cm³/mol. The molecule has 1 spiro atoms. The lowest BCUT2D eigenvalue weighted by atomic mass is 9.77. The summed E-state index contributed by atoms with van der Waals surface area (Å²) in [5, 5.41) is 6.24. The molecule has 0 radical (unpaired) electrons. The van der Waals surface area contributed by atoms with Crippen molar-refractivity contribution in [1.82, 2.24) is 15.1 Å². The van der Waals surface area contributed by atoms with Crippen LogP contribution >= 0.6 is 0 Å². The zero-order chi connectivity index (χ0) is 26.7. The monoisotopic (exact) mass is 516 g/mol. The maximum atomic E-state index is 13.7. The van der Waals surface area contributed by atoms with E-state index < -0.39 is 0 Å². The first-order chi connectivity index (χ1) is 18.3. The van der Waals surface area contributed by atoms with Gasteiger partial charge in [0.05, 0.1) is 5.92 Å². The molecule has 2 atom stereocenters. The van der Waals surface area contributed by atoms with Crippen LogP contribution in [0.5, 0.6) is 0 Å². The molecule has 4 amide bonds. The summed E-state index contributed by atoms with van der Waals surface area (Å²) in [6.45, 7) is 7.00. The van der Waals surface area contributed by atoms with E-state index in [0.29, 0.717) is 18.7 Å². The van der Waals surface area contributed by atoms with Crippen LogP contribution in [-0.2, 0) is 4.79 Å². The third kappa shape index (κ3) is 5.71. The van der Waals surface area contributed by atoms with E-state index in [1.165, 1.54) is 5.56 Å². The SMILES string of the molecule is Cc1ccc(NC(=O)N2CCC3(CC2)CCN(C(=O)C2CCCCC2NC(=O)c2ccccc2)C3)c(C)c1. The molecule has 1 aliphatic carbocycles. The molecule has 2 N–H and O–H groups in total. The van der Waals surface area contributed by atoms with Crippen molar-refractivity contribution in [3.63, 3.8) is 0 Å². The molecule has 2 aromatic rings. The number of anilines is 1. The molecular formula is C31H40N4O3. The zero-order valence-electron chi connectivity index (χ0n) is 22.7. The highest BCUT2D eigenvalue weighted by molar-refractivity contribution is 5.95. The number of nitrogens with zero attached hydrogens (tertiary/aromatic N) is 2. The summed E-state index contributed by atoms with van der Waals surface area (Å²) in [5.74, 6) is -0.0650. The third-order valence-electron chi connectivity index (χ3n) is 8.92. The molecule has 38 heavy (non-hydrogen) atoms. The van der Waals surface area contributed by atoms with Crippen LogP contribution in [0.2, 0.25) is 0 Å². The topological polar surface area (TPSA) is 81.8 Å². The Morgan fingerprint density at radius 3 is 2.26 bits per heavy atom. The molecule has 5 rings (SSSR count). The van der Waals surface area contributed by atoms with Gasteiger partial charge >= 0.3 is 6.03 Å². The van der Waals surface area contributed by atoms with Crippen LogP contribution in [0.1, 0.15) is 66.4 Å². The molecule has 2 aromatic carbocycles. The summed E-state index contributed by atoms with van der Waals surface area (Å²) in [7, 11) is 0. The van der Waals surface area contributed by atoms with Gasteiger partial charge in [0.15, 0.2) is 0 Å². The Hall–Kier alpha value is -3.35. The Morgan fingerprint density at radius 1 is 0.868 bits per heavy atom. The Balaban J connectivity index is 1.15. The van der Waals surface area contributed by atoms with Crippen molar-refractivity contribution in [2.24, 2.45) is 11.3 Å². The largest absolute Gasteiger partial charge is 0.349 e. The fraction of sp³-hybridized carbons (Fsp3) is 0.516. The molecule has 3 fully saturated rings. The van der Waals surface area contributed by atoms with Crippen molar-refractivity contribution in [1.29, 1.82) is 0 Å². The number of aryl methyl sites for hydroxylation is 2. The van der Waals surface area contributed by atoms with Crippen LogP contribution in [0.4, 0.5) is 10.5 Å². The van der Waals surface area contributed by atoms with E-state index in [1.807, 2.05) is 66.1 Å². The average Bonchev–Trinajstić information content (AvgIpc) is 3.34. The molecule has 2 saturated heterocycles. The minimum absolute atomic E-state index is 0.0445. The first-order valence-electron chi connectivity index (χ1n) is 14.1. The van der Waals surface area contributed by atoms with Crippen LogP contribution in [-0.4, -0.2) is 59.9 Å². The number of urea groups is 1. The Bertz CT molecular complexity index is 1170. The molecule has 202 valence electrons. The van der Waals surface area contributed by atoms with Crippen LogP contribution in [0.25, 0.3) is 0 Å². The standard InChI is InChI=1S/C31H40N4O3/c1-22-12-13-26(23(2)20-22)33-30(38)34-17-14-31(15-18-34)16-19-35(21-31)29(37)25-10-6-7-11-27(25)32-28(36)24-8-4-3-5-9-24/h3-5,8-9,12-13,20,25,27H,6-7,10-11,14-19,21H2,1-2H3,(H,32,36)(H,33,38). The second-order valence-electron chi connectivity index (χ2n) is 11.6. The molecule has 0 aromatic heterocycles. The maximum absolute atomic E-state index is 13.7. The smallest absolute Gasteiger partial charge is 0.321 e. The van der Waals surface area contributed by atoms with E-state index in [4.69, 9.17) is 0 Å². The number of likely N-dealkylation sites (tertiary alicyclic amines) is 2. The van der Waals surface area contributed by atoms with Crippen LogP contribution < -0.4 is 10.6 Å². The number of rotatable bonds is 4. The van der Waals surface area contributed by atoms with E-state index >= 15 is 0 Å². The molecule has 7 heteroatoms. The first kappa shape index (κ1) is 26.3. The maximum Gasteiger partial charge on any atom is 0.321 e. The quantitative estimate of drug-likeness (QED) is 0.591. The number of piperidine rings is 1. The minimum atomic E-state index is -0.157. The lowest BCUT2D eigenvalue weighted by molar-refractivity contribution is -0.136. The van der Waals surface area contributed by atoms with Gasteiger partial charge in [-0.2, -0.15) is 0 Å². The number of benzene rings is 2. The van der Waals surface area contributed by atoms with Gasteiger partial charge in [0, 0.05) is 43.5 Å². The lowest BCUT2D eigenvalue weighted by Gasteiger charge is -2.40. The number of amides is 4. The number of carbonyl (C=O) groups is 3. The van der Waals surface area contributed by atoms with Crippen molar-refractivity contribution in [2.45, 2.75) is 64.8 Å². The van der Waals surface area contributed by atoms with E-state index in [9.17, 15) is 14.4 Å². The highest BCUT2D eigenvalue weighted by Gasteiger charge is 2.45. The van der Waals surface area contributed by atoms with E-state index in [-0.39, 0.29) is 35.2 Å². The van der Waals surface area contributed by atoms with Crippen molar-refractivity contribution < 1.29 is 14.4 Å². The summed E-state index contributed by atoms with van der Waals surface area (Å²) < 4.78 is 0. The highest BCUT2D eigenvalue weighted by atomic mass is 16.2. The summed E-state index contributed by atoms with van der Waals surface area (Å²) in [4.78, 5) is 43.4. The van der Waals surface area contributed by atoms with Crippen LogP contribution in [0.15, 0.2) is 48.5 Å². The van der Waals surface area contributed by atoms with E-state index in [0.717, 1.165) is 69.3 Å². The van der Waals surface area contributed by atoms with Crippen molar-refractivity contribution in [2.75, 3.05) is 31.5 Å². The predicted octanol–water partition coefficient (Wildman–Crippen LogP) is 5.14. The number of carbonyl (C=O) groups excluding carboxylic acids is 3. The third-order valence-corrected chi connectivity index (χ3v) is 8.92. The number of hydrogen-bond acceptors (Lipinski definition) is 3. The fourth-order valence-corrected chi connectivity index (χ4v) is 6.54. The summed E-state index contributed by atoms with van der Waals surface area (Å²) in [6.07, 6.45) is 6.54. The average molecular weight is 517 g/mol. The van der Waals surface area contributed by atoms with Crippen LogP contribution in [0, 0.1) is 25.2 Å². The Morgan fingerprint density at radius 2 is 1.55 bits per heavy atom. The van der Waals surface area contributed by atoms with Gasteiger partial charge in [-0.15, -0.1) is 0 Å². The van der Waals surface area contributed by atoms with Gasteiger partial charge in [0.2, 0.25) is 5.91 Å². The van der Waals surface area contributed by atoms with Gasteiger partial charge in [-0.1, -0.05) is 48.7 Å². The Kier molecular flexibility index (Phi) is 7.73. The van der Waals surface area contributed by atoms with Gasteiger partial charge < -0.3 is 20.4 Å². The highest BCUT2D eigenvalue weighted by Crippen LogP contribution is 2.41. The molecule has 3 aliphatic rings. The van der Waals surface area contributed by atoms with Crippen molar-refractivity contribution >= 4 is 23.5 Å². The van der Waals surface area contributed by atoms with Crippen LogP contribution in [0.3, 0.4) is 0 Å². The minimum Gasteiger partial charge on any atom is -0.349 e. The van der Waals surface area contributed by atoms with Crippen molar-refractivity contribution in [3.8, 4) is 0 Å². The van der Waals surface area contributed by atoms with Gasteiger partial charge in [0.25, 0.3) is 5.91 Å². The number of nitrogens with one attached hydrogen (secondary N) is 2. The molecule has 7 nitrogen and oxygen atoms in total. The van der Waals surface area contributed by atoms with Gasteiger partial charge in [-0.05, 0) is 75.1 Å². The molecule has 2 heterocycles. The Labute approximate surface area is 226 Å². The zero-order valence-corrected chi connectivity index (χ0v) is 22.7. The molecule has 2 unspecified atom stereocenters. The fourth-order valence-electron chi connectivity index (χ4n) is 6.54. The molecule has 1 saturated carbocycles. The van der Waals surface area contributed by atoms with E-state index in [1.54, 1.807) is 0 Å². The summed E-state index contributed by atoms with van der Waals surface area (Å²) in [6, 6.07) is 15.2. The molecule has 0 bridgehead atoms.